The van der Waals surface area contributed by atoms with Gasteiger partial charge in [0.2, 0.25) is 0 Å². The molecule has 0 spiro atoms. The number of benzene rings is 1. The Morgan fingerprint density at radius 2 is 1.80 bits per heavy atom. The molecular weight excluding hydrogens is 248 g/mol. The summed E-state index contributed by atoms with van der Waals surface area (Å²) in [6.45, 7) is 6.54. The molecule has 1 aromatic carbocycles. The summed E-state index contributed by atoms with van der Waals surface area (Å²) >= 11 is 0. The first-order valence-electron chi connectivity index (χ1n) is 6.88. The number of nitrogens with zero attached hydrogens (tertiary/aromatic N) is 3. The van der Waals surface area contributed by atoms with E-state index in [1.807, 2.05) is 43.4 Å². The van der Waals surface area contributed by atoms with Gasteiger partial charge in [0.05, 0.1) is 0 Å². The molecule has 2 aromatic rings. The Balaban J connectivity index is 2.45. The summed E-state index contributed by atoms with van der Waals surface area (Å²) in [7, 11) is 2.04. The highest BCUT2D eigenvalue weighted by molar-refractivity contribution is 5.61. The first-order valence-corrected chi connectivity index (χ1v) is 6.88. The van der Waals surface area contributed by atoms with E-state index in [9.17, 15) is 0 Å². The molecule has 0 bridgehead atoms. The van der Waals surface area contributed by atoms with Crippen molar-refractivity contribution in [3.63, 3.8) is 0 Å². The average molecular weight is 270 g/mol. The van der Waals surface area contributed by atoms with Gasteiger partial charge >= 0.3 is 0 Å². The molecule has 0 saturated heterocycles. The maximum absolute atomic E-state index is 5.94. The summed E-state index contributed by atoms with van der Waals surface area (Å²) in [5.74, 6) is 2.01. The fourth-order valence-electron chi connectivity index (χ4n) is 1.89. The zero-order valence-corrected chi connectivity index (χ0v) is 12.6. The van der Waals surface area contributed by atoms with Crippen molar-refractivity contribution < 1.29 is 0 Å². The van der Waals surface area contributed by atoms with Crippen LogP contribution < -0.4 is 10.6 Å². The second kappa shape index (κ2) is 5.49. The number of rotatable bonds is 4. The van der Waals surface area contributed by atoms with Crippen LogP contribution in [0.2, 0.25) is 0 Å². The minimum Gasteiger partial charge on any atom is -0.384 e. The van der Waals surface area contributed by atoms with Gasteiger partial charge in [-0.15, -0.1) is 0 Å². The summed E-state index contributed by atoms with van der Waals surface area (Å²) in [4.78, 5) is 11.1. The van der Waals surface area contributed by atoms with Gasteiger partial charge in [0.1, 0.15) is 11.6 Å². The van der Waals surface area contributed by atoms with Crippen LogP contribution in [0.15, 0.2) is 36.4 Å². The minimum atomic E-state index is 0.0226. The van der Waals surface area contributed by atoms with Gasteiger partial charge in [0.25, 0.3) is 0 Å². The zero-order valence-electron chi connectivity index (χ0n) is 12.6. The van der Waals surface area contributed by atoms with Gasteiger partial charge in [-0.2, -0.15) is 0 Å². The predicted molar refractivity (Wildman–Crippen MR) is 84.7 cm³/mol. The standard InChI is InChI=1S/C16H22N4/c1-5-16(2,3)20(4)14-11-13(17)18-15(19-14)12-9-7-6-8-10-12/h6-11H,5H2,1-4H3,(H2,17,18,19). The van der Waals surface area contributed by atoms with Crippen molar-refractivity contribution in [1.82, 2.24) is 9.97 Å². The Kier molecular flexibility index (Phi) is 3.93. The van der Waals surface area contributed by atoms with E-state index in [4.69, 9.17) is 5.73 Å². The number of nitrogens with two attached hydrogens (primary N) is 1. The van der Waals surface area contributed by atoms with E-state index in [1.165, 1.54) is 0 Å². The largest absolute Gasteiger partial charge is 0.384 e. The molecule has 2 rings (SSSR count). The molecule has 0 atom stereocenters. The molecule has 4 heteroatoms. The van der Waals surface area contributed by atoms with Crippen LogP contribution >= 0.6 is 0 Å². The van der Waals surface area contributed by atoms with Crippen molar-refractivity contribution in [3.05, 3.63) is 36.4 Å². The first kappa shape index (κ1) is 14.3. The SMILES string of the molecule is CCC(C)(C)N(C)c1cc(N)nc(-c2ccccc2)n1. The van der Waals surface area contributed by atoms with Crippen molar-refractivity contribution in [1.29, 1.82) is 0 Å². The van der Waals surface area contributed by atoms with Gasteiger partial charge in [0, 0.05) is 24.2 Å². The van der Waals surface area contributed by atoms with E-state index in [-0.39, 0.29) is 5.54 Å². The molecule has 1 aromatic heterocycles. The fourth-order valence-corrected chi connectivity index (χ4v) is 1.89. The lowest BCUT2D eigenvalue weighted by atomic mass is 10.00. The molecule has 20 heavy (non-hydrogen) atoms. The molecule has 1 heterocycles. The van der Waals surface area contributed by atoms with Gasteiger partial charge in [-0.05, 0) is 20.3 Å². The second-order valence-corrected chi connectivity index (χ2v) is 5.57. The molecule has 0 aliphatic carbocycles. The molecule has 4 nitrogen and oxygen atoms in total. The van der Waals surface area contributed by atoms with Crippen molar-refractivity contribution in [2.45, 2.75) is 32.7 Å². The molecule has 0 aliphatic heterocycles. The van der Waals surface area contributed by atoms with Crippen LogP contribution in [-0.4, -0.2) is 22.6 Å². The lowest BCUT2D eigenvalue weighted by Crippen LogP contribution is -2.41. The van der Waals surface area contributed by atoms with Gasteiger partial charge in [-0.3, -0.25) is 0 Å². The van der Waals surface area contributed by atoms with Crippen molar-refractivity contribution in [2.24, 2.45) is 0 Å². The van der Waals surface area contributed by atoms with E-state index >= 15 is 0 Å². The van der Waals surface area contributed by atoms with Crippen LogP contribution in [0.3, 0.4) is 0 Å². The van der Waals surface area contributed by atoms with E-state index in [2.05, 4.69) is 35.6 Å². The number of anilines is 2. The average Bonchev–Trinajstić information content (AvgIpc) is 2.46. The monoisotopic (exact) mass is 270 g/mol. The van der Waals surface area contributed by atoms with Gasteiger partial charge < -0.3 is 10.6 Å². The molecule has 2 N–H and O–H groups in total. The summed E-state index contributed by atoms with van der Waals surface area (Å²) < 4.78 is 0. The minimum absolute atomic E-state index is 0.0226. The van der Waals surface area contributed by atoms with Crippen LogP contribution in [0.4, 0.5) is 11.6 Å². The van der Waals surface area contributed by atoms with Gasteiger partial charge in [0.15, 0.2) is 5.82 Å². The Bertz CT molecular complexity index is 578. The molecule has 0 aliphatic rings. The van der Waals surface area contributed by atoms with E-state index in [1.54, 1.807) is 0 Å². The van der Waals surface area contributed by atoms with E-state index in [0.29, 0.717) is 11.6 Å². The summed E-state index contributed by atoms with van der Waals surface area (Å²) in [5.41, 5.74) is 6.94. The highest BCUT2D eigenvalue weighted by Gasteiger charge is 2.23. The van der Waals surface area contributed by atoms with Crippen LogP contribution in [0.1, 0.15) is 27.2 Å². The predicted octanol–water partition coefficient (Wildman–Crippen LogP) is 3.35. The van der Waals surface area contributed by atoms with Crippen LogP contribution in [0.25, 0.3) is 11.4 Å². The van der Waals surface area contributed by atoms with Gasteiger partial charge in [-0.25, -0.2) is 9.97 Å². The molecule has 106 valence electrons. The van der Waals surface area contributed by atoms with Gasteiger partial charge in [-0.1, -0.05) is 37.3 Å². The Hall–Kier alpha value is -2.10. The number of hydrogen-bond acceptors (Lipinski definition) is 4. The zero-order chi connectivity index (χ0) is 14.8. The smallest absolute Gasteiger partial charge is 0.163 e. The van der Waals surface area contributed by atoms with Crippen LogP contribution in [-0.2, 0) is 0 Å². The lowest BCUT2D eigenvalue weighted by Gasteiger charge is -2.36. The molecule has 0 saturated carbocycles. The molecule has 0 radical (unpaired) electrons. The number of aromatic nitrogens is 2. The topological polar surface area (TPSA) is 55.0 Å². The Labute approximate surface area is 120 Å². The third-order valence-corrected chi connectivity index (χ3v) is 3.88. The quantitative estimate of drug-likeness (QED) is 0.925. The maximum Gasteiger partial charge on any atom is 0.163 e. The highest BCUT2D eigenvalue weighted by atomic mass is 15.2. The maximum atomic E-state index is 5.94. The molecule has 0 amide bonds. The first-order chi connectivity index (χ1) is 9.44. The highest BCUT2D eigenvalue weighted by Crippen LogP contribution is 2.26. The third-order valence-electron chi connectivity index (χ3n) is 3.88. The second-order valence-electron chi connectivity index (χ2n) is 5.57. The van der Waals surface area contributed by atoms with Crippen LogP contribution in [0.5, 0.6) is 0 Å². The van der Waals surface area contributed by atoms with E-state index < -0.39 is 0 Å². The summed E-state index contributed by atoms with van der Waals surface area (Å²) in [5, 5.41) is 0. The molecule has 0 fully saturated rings. The third kappa shape index (κ3) is 2.90. The molecule has 0 unspecified atom stereocenters. The Morgan fingerprint density at radius 3 is 2.40 bits per heavy atom. The lowest BCUT2D eigenvalue weighted by molar-refractivity contribution is 0.467. The normalized spacial score (nSPS) is 11.4. The summed E-state index contributed by atoms with van der Waals surface area (Å²) in [6, 6.07) is 11.7. The van der Waals surface area contributed by atoms with Crippen molar-refractivity contribution >= 4 is 11.6 Å². The summed E-state index contributed by atoms with van der Waals surface area (Å²) in [6.07, 6.45) is 1.02. The molecular formula is C16H22N4. The Morgan fingerprint density at radius 1 is 1.15 bits per heavy atom. The van der Waals surface area contributed by atoms with E-state index in [0.717, 1.165) is 17.8 Å². The number of hydrogen-bond donors (Lipinski definition) is 1. The van der Waals surface area contributed by atoms with Crippen LogP contribution in [0, 0.1) is 0 Å². The van der Waals surface area contributed by atoms with Crippen molar-refractivity contribution in [2.75, 3.05) is 17.7 Å². The van der Waals surface area contributed by atoms with Crippen molar-refractivity contribution in [3.8, 4) is 11.4 Å². The number of nitrogen functional groups attached to an aromatic ring is 1. The fraction of sp³-hybridized carbons (Fsp3) is 0.375.